The van der Waals surface area contributed by atoms with Crippen LogP contribution in [0.1, 0.15) is 24.3 Å². The molecule has 0 spiro atoms. The molecule has 1 aromatic rings. The minimum absolute atomic E-state index is 0.0786. The van der Waals surface area contributed by atoms with Crippen LogP contribution in [0, 0.1) is 5.82 Å². The van der Waals surface area contributed by atoms with E-state index in [1.54, 1.807) is 6.07 Å². The molecule has 0 aliphatic heterocycles. The van der Waals surface area contributed by atoms with Crippen molar-refractivity contribution < 1.29 is 9.18 Å². The number of hydrogen-bond donors (Lipinski definition) is 0. The quantitative estimate of drug-likeness (QED) is 0.740. The first-order valence-corrected chi connectivity index (χ1v) is 4.95. The summed E-state index contributed by atoms with van der Waals surface area (Å²) in [6.07, 6.45) is 1.48. The summed E-state index contributed by atoms with van der Waals surface area (Å²) in [6, 6.07) is 4.47. The van der Waals surface area contributed by atoms with E-state index in [9.17, 15) is 9.18 Å². The highest BCUT2D eigenvalue weighted by Crippen LogP contribution is 2.37. The normalized spacial score (nSPS) is 21.4. The van der Waals surface area contributed by atoms with Crippen LogP contribution in [0.3, 0.4) is 0 Å². The van der Waals surface area contributed by atoms with Crippen molar-refractivity contribution in [3.8, 4) is 0 Å². The molecule has 1 saturated carbocycles. The third-order valence-electron chi connectivity index (χ3n) is 2.40. The lowest BCUT2D eigenvalue weighted by Gasteiger charge is -2.25. The SMILES string of the molecule is O=C1CC[C@@H]1c1cc(F)ccc1Br. The van der Waals surface area contributed by atoms with Gasteiger partial charge in [-0.15, -0.1) is 0 Å². The fraction of sp³-hybridized carbons (Fsp3) is 0.300. The molecule has 1 aromatic carbocycles. The maximum atomic E-state index is 12.9. The second-order valence-electron chi connectivity index (χ2n) is 3.22. The van der Waals surface area contributed by atoms with E-state index < -0.39 is 0 Å². The molecule has 1 atom stereocenters. The lowest BCUT2D eigenvalue weighted by molar-refractivity contribution is -0.125. The fourth-order valence-electron chi connectivity index (χ4n) is 1.52. The van der Waals surface area contributed by atoms with E-state index in [4.69, 9.17) is 0 Å². The van der Waals surface area contributed by atoms with Gasteiger partial charge in [0.15, 0.2) is 0 Å². The maximum absolute atomic E-state index is 12.9. The van der Waals surface area contributed by atoms with Gasteiger partial charge in [0.2, 0.25) is 0 Å². The Morgan fingerprint density at radius 2 is 2.23 bits per heavy atom. The van der Waals surface area contributed by atoms with Crippen molar-refractivity contribution >= 4 is 21.7 Å². The van der Waals surface area contributed by atoms with Gasteiger partial charge in [-0.05, 0) is 30.2 Å². The highest BCUT2D eigenvalue weighted by atomic mass is 79.9. The van der Waals surface area contributed by atoms with Crippen LogP contribution in [0.15, 0.2) is 22.7 Å². The molecule has 0 amide bonds. The van der Waals surface area contributed by atoms with Crippen LogP contribution >= 0.6 is 15.9 Å². The number of hydrogen-bond acceptors (Lipinski definition) is 1. The molecule has 1 aliphatic carbocycles. The smallest absolute Gasteiger partial charge is 0.140 e. The van der Waals surface area contributed by atoms with Crippen molar-refractivity contribution in [3.05, 3.63) is 34.1 Å². The molecule has 0 unspecified atom stereocenters. The van der Waals surface area contributed by atoms with Gasteiger partial charge in [-0.3, -0.25) is 4.79 Å². The lowest BCUT2D eigenvalue weighted by atomic mass is 9.79. The monoisotopic (exact) mass is 242 g/mol. The number of carbonyl (C=O) groups excluding carboxylic acids is 1. The van der Waals surface area contributed by atoms with E-state index in [2.05, 4.69) is 15.9 Å². The van der Waals surface area contributed by atoms with E-state index in [-0.39, 0.29) is 17.5 Å². The second kappa shape index (κ2) is 3.22. The van der Waals surface area contributed by atoms with Crippen LogP contribution < -0.4 is 0 Å². The molecule has 0 heterocycles. The zero-order valence-electron chi connectivity index (χ0n) is 6.89. The van der Waals surface area contributed by atoms with Gasteiger partial charge < -0.3 is 0 Å². The standard InChI is InChI=1S/C10H8BrFO/c11-9-3-1-6(12)5-8(9)7-2-4-10(7)13/h1,3,5,7H,2,4H2/t7-/m1/s1. The van der Waals surface area contributed by atoms with Crippen molar-refractivity contribution in [2.75, 3.05) is 0 Å². The highest BCUT2D eigenvalue weighted by Gasteiger charge is 2.31. The first-order chi connectivity index (χ1) is 6.18. The first kappa shape index (κ1) is 8.88. The summed E-state index contributed by atoms with van der Waals surface area (Å²) < 4.78 is 13.7. The van der Waals surface area contributed by atoms with Crippen molar-refractivity contribution in [1.29, 1.82) is 0 Å². The average Bonchev–Trinajstić information content (AvgIpc) is 2.09. The van der Waals surface area contributed by atoms with Crippen LogP contribution in [0.25, 0.3) is 0 Å². The first-order valence-electron chi connectivity index (χ1n) is 4.16. The van der Waals surface area contributed by atoms with E-state index in [1.165, 1.54) is 12.1 Å². The Kier molecular flexibility index (Phi) is 2.20. The number of Topliss-reactive ketones (excluding diaryl/α,β-unsaturated/α-hetero) is 1. The summed E-state index contributed by atoms with van der Waals surface area (Å²) in [4.78, 5) is 11.2. The van der Waals surface area contributed by atoms with Gasteiger partial charge in [-0.25, -0.2) is 4.39 Å². The Morgan fingerprint density at radius 3 is 2.77 bits per heavy atom. The molecule has 0 saturated heterocycles. The van der Waals surface area contributed by atoms with Crippen LogP contribution in [-0.4, -0.2) is 5.78 Å². The van der Waals surface area contributed by atoms with Crippen molar-refractivity contribution in [1.82, 2.24) is 0 Å². The van der Waals surface area contributed by atoms with Crippen LogP contribution in [0.2, 0.25) is 0 Å². The molecule has 0 bridgehead atoms. The van der Waals surface area contributed by atoms with Crippen LogP contribution in [0.5, 0.6) is 0 Å². The van der Waals surface area contributed by atoms with Gasteiger partial charge in [0, 0.05) is 16.8 Å². The predicted octanol–water partition coefficient (Wildman–Crippen LogP) is 3.03. The van der Waals surface area contributed by atoms with Gasteiger partial charge in [-0.2, -0.15) is 0 Å². The second-order valence-corrected chi connectivity index (χ2v) is 4.08. The number of carbonyl (C=O) groups is 1. The summed E-state index contributed by atoms with van der Waals surface area (Å²) in [5, 5.41) is 0. The van der Waals surface area contributed by atoms with E-state index in [0.29, 0.717) is 6.42 Å². The van der Waals surface area contributed by atoms with Gasteiger partial charge in [0.25, 0.3) is 0 Å². The Balaban J connectivity index is 2.38. The summed E-state index contributed by atoms with van der Waals surface area (Å²) in [7, 11) is 0. The summed E-state index contributed by atoms with van der Waals surface area (Å²) in [5.41, 5.74) is 0.788. The highest BCUT2D eigenvalue weighted by molar-refractivity contribution is 9.10. The number of benzene rings is 1. The van der Waals surface area contributed by atoms with Gasteiger partial charge >= 0.3 is 0 Å². The molecule has 68 valence electrons. The van der Waals surface area contributed by atoms with Gasteiger partial charge in [0.05, 0.1) is 0 Å². The maximum Gasteiger partial charge on any atom is 0.140 e. The summed E-state index contributed by atoms with van der Waals surface area (Å²) in [6.45, 7) is 0. The molecule has 0 radical (unpaired) electrons. The number of halogens is 2. The minimum Gasteiger partial charge on any atom is -0.299 e. The van der Waals surface area contributed by atoms with Crippen LogP contribution in [0.4, 0.5) is 4.39 Å². The van der Waals surface area contributed by atoms with E-state index >= 15 is 0 Å². The Labute approximate surface area is 84.1 Å². The van der Waals surface area contributed by atoms with Gasteiger partial charge in [-0.1, -0.05) is 15.9 Å². The summed E-state index contributed by atoms with van der Waals surface area (Å²) in [5.74, 6) is -0.144. The van der Waals surface area contributed by atoms with Crippen molar-refractivity contribution in [3.63, 3.8) is 0 Å². The minimum atomic E-state index is -0.280. The third kappa shape index (κ3) is 1.53. The molecule has 0 aromatic heterocycles. The molecular weight excluding hydrogens is 235 g/mol. The zero-order chi connectivity index (χ0) is 9.42. The van der Waals surface area contributed by atoms with Gasteiger partial charge in [0.1, 0.15) is 11.6 Å². The van der Waals surface area contributed by atoms with Crippen molar-refractivity contribution in [2.45, 2.75) is 18.8 Å². The molecule has 1 nitrogen and oxygen atoms in total. The average molecular weight is 243 g/mol. The molecule has 0 N–H and O–H groups in total. The molecule has 13 heavy (non-hydrogen) atoms. The largest absolute Gasteiger partial charge is 0.299 e. The van der Waals surface area contributed by atoms with E-state index in [0.717, 1.165) is 16.5 Å². The van der Waals surface area contributed by atoms with Crippen LogP contribution in [-0.2, 0) is 4.79 Å². The molecule has 1 aliphatic rings. The fourth-order valence-corrected chi connectivity index (χ4v) is 2.04. The number of rotatable bonds is 1. The third-order valence-corrected chi connectivity index (χ3v) is 3.12. The molecular formula is C10H8BrFO. The Bertz CT molecular complexity index is 362. The lowest BCUT2D eigenvalue weighted by Crippen LogP contribution is -2.23. The molecule has 2 rings (SSSR count). The Morgan fingerprint density at radius 1 is 1.46 bits per heavy atom. The summed E-state index contributed by atoms with van der Waals surface area (Å²) >= 11 is 3.31. The Hall–Kier alpha value is -0.700. The molecule has 1 fully saturated rings. The predicted molar refractivity (Wildman–Crippen MR) is 51.1 cm³/mol. The molecule has 3 heteroatoms. The van der Waals surface area contributed by atoms with Crippen molar-refractivity contribution in [2.24, 2.45) is 0 Å². The van der Waals surface area contributed by atoms with E-state index in [1.807, 2.05) is 0 Å². The number of ketones is 1. The topological polar surface area (TPSA) is 17.1 Å². The zero-order valence-corrected chi connectivity index (χ0v) is 8.47.